The van der Waals surface area contributed by atoms with Crippen LogP contribution in [0.25, 0.3) is 0 Å². The van der Waals surface area contributed by atoms with Crippen molar-refractivity contribution in [1.29, 1.82) is 0 Å². The largest absolute Gasteiger partial charge is 1.00 e. The van der Waals surface area contributed by atoms with Crippen molar-refractivity contribution in [1.82, 2.24) is 0 Å². The maximum Gasteiger partial charge on any atom is 1.00 e. The molecule has 6 heteroatoms. The van der Waals surface area contributed by atoms with Gasteiger partial charge in [-0.3, -0.25) is 19.7 Å². The summed E-state index contributed by atoms with van der Waals surface area (Å²) in [6, 6.07) is 0. The van der Waals surface area contributed by atoms with Gasteiger partial charge < -0.3 is 23.3 Å². The minimum Gasteiger partial charge on any atom is -0.709 e. The van der Waals surface area contributed by atoms with Crippen LogP contribution in [0.2, 0.25) is 0 Å². The Labute approximate surface area is 174 Å². The molecule has 0 nitrogen and oxygen atoms in total. The molecule has 0 N–H and O–H groups in total. The van der Waals surface area contributed by atoms with E-state index >= 15 is 0 Å². The van der Waals surface area contributed by atoms with Gasteiger partial charge in [-0.15, -0.1) is 0 Å². The number of hydrogen-bond acceptors (Lipinski definition) is 4. The summed E-state index contributed by atoms with van der Waals surface area (Å²) in [4.78, 5) is 0. The molecule has 0 rings (SSSR count). The molecular formula is Cs2S4. The molecule has 0 amide bonds. The van der Waals surface area contributed by atoms with E-state index in [4.69, 9.17) is 0 Å². The van der Waals surface area contributed by atoms with E-state index in [0.29, 0.717) is 0 Å². The molecule has 6 heavy (non-hydrogen) atoms. The smallest absolute Gasteiger partial charge is 0.709 e. The van der Waals surface area contributed by atoms with Gasteiger partial charge in [0.05, 0.1) is 0 Å². The molecule has 0 heterocycles. The summed E-state index contributed by atoms with van der Waals surface area (Å²) >= 11 is 8.66. The fourth-order valence-electron chi connectivity index (χ4n) is 0. The van der Waals surface area contributed by atoms with Crippen molar-refractivity contribution >= 4 is 43.0 Å². The van der Waals surface area contributed by atoms with Crippen molar-refractivity contribution < 1.29 is 138 Å². The Morgan fingerprint density at radius 2 is 1.00 bits per heavy atom. The summed E-state index contributed by atoms with van der Waals surface area (Å²) in [7, 11) is 2.34. The maximum absolute atomic E-state index is 4.33. The van der Waals surface area contributed by atoms with E-state index in [0.717, 1.165) is 0 Å². The van der Waals surface area contributed by atoms with Gasteiger partial charge in [0.15, 0.2) is 0 Å². The van der Waals surface area contributed by atoms with E-state index in [9.17, 15) is 0 Å². The Bertz CT molecular complexity index is 7.51. The molecule has 0 aromatic carbocycles. The molecule has 0 aliphatic rings. The Kier molecular flexibility index (Phi) is 49.3. The second kappa shape index (κ2) is 16.8. The molecule has 0 saturated carbocycles. The summed E-state index contributed by atoms with van der Waals surface area (Å²) in [5.41, 5.74) is 0. The first kappa shape index (κ1) is 17.6. The predicted molar refractivity (Wildman–Crippen MR) is 29.9 cm³/mol. The van der Waals surface area contributed by atoms with Gasteiger partial charge in [0.1, 0.15) is 0 Å². The third kappa shape index (κ3) is 16.2. The Hall–Kier alpha value is 5.50. The van der Waals surface area contributed by atoms with Crippen molar-refractivity contribution in [3.05, 3.63) is 0 Å². The first-order chi connectivity index (χ1) is 1.91. The van der Waals surface area contributed by atoms with E-state index in [1.807, 2.05) is 0 Å². The second-order valence-corrected chi connectivity index (χ2v) is 3.67. The Morgan fingerprint density at radius 3 is 1.00 bits per heavy atom. The van der Waals surface area contributed by atoms with Gasteiger partial charge in [0.25, 0.3) is 0 Å². The zero-order valence-electron chi connectivity index (χ0n) is 3.63. The molecule has 0 saturated heterocycles. The minimum atomic E-state index is 0. The van der Waals surface area contributed by atoms with Crippen molar-refractivity contribution in [3.8, 4) is 0 Å². The maximum atomic E-state index is 4.33. The van der Waals surface area contributed by atoms with Gasteiger partial charge in [-0.05, 0) is 0 Å². The van der Waals surface area contributed by atoms with Crippen LogP contribution in [0, 0.1) is 0 Å². The molecule has 0 aliphatic heterocycles. The van der Waals surface area contributed by atoms with Gasteiger partial charge in [-0.25, -0.2) is 0 Å². The van der Waals surface area contributed by atoms with Crippen LogP contribution in [0.4, 0.5) is 0 Å². The standard InChI is InChI=1S/2Cs.H2S4/c;;1-3-4-2/h;;1-2H/q2*+1;/p-2. The van der Waals surface area contributed by atoms with Crippen molar-refractivity contribution in [2.75, 3.05) is 0 Å². The fraction of sp³-hybridized carbons (Fsp3) is 0. The Balaban J connectivity index is -0.0000000450. The summed E-state index contributed by atoms with van der Waals surface area (Å²) in [6.45, 7) is 0. The van der Waals surface area contributed by atoms with E-state index in [1.54, 1.807) is 0 Å². The van der Waals surface area contributed by atoms with Crippen LogP contribution in [0.3, 0.4) is 0 Å². The van der Waals surface area contributed by atoms with Crippen molar-refractivity contribution in [3.63, 3.8) is 0 Å². The molecule has 0 bridgehead atoms. The quantitative estimate of drug-likeness (QED) is 0.324. The first-order valence-corrected chi connectivity index (χ1v) is 4.50. The van der Waals surface area contributed by atoms with Crippen LogP contribution >= 0.6 is 19.7 Å². The summed E-state index contributed by atoms with van der Waals surface area (Å²) < 4.78 is 0. The monoisotopic (exact) mass is 394 g/mol. The molecule has 0 atom stereocenters. The predicted octanol–water partition coefficient (Wildman–Crippen LogP) is -4.70. The van der Waals surface area contributed by atoms with E-state index in [-0.39, 0.29) is 138 Å². The normalized spacial score (nSPS) is 5.00. The van der Waals surface area contributed by atoms with E-state index in [2.05, 4.69) is 23.3 Å². The van der Waals surface area contributed by atoms with Crippen LogP contribution in [0.1, 0.15) is 0 Å². The zero-order chi connectivity index (χ0) is 3.41. The summed E-state index contributed by atoms with van der Waals surface area (Å²) in [6.07, 6.45) is 0. The van der Waals surface area contributed by atoms with Gasteiger partial charge in [0, 0.05) is 0 Å². The van der Waals surface area contributed by atoms with Crippen LogP contribution < -0.4 is 138 Å². The first-order valence-electron chi connectivity index (χ1n) is 0.500. The van der Waals surface area contributed by atoms with Crippen LogP contribution in [-0.2, 0) is 23.3 Å². The van der Waals surface area contributed by atoms with Crippen molar-refractivity contribution in [2.24, 2.45) is 0 Å². The second-order valence-electron chi connectivity index (χ2n) is 0.136. The molecular weight excluding hydrogens is 394 g/mol. The number of rotatable bonds is 1. The molecule has 0 aliphatic carbocycles. The molecule has 0 aromatic rings. The summed E-state index contributed by atoms with van der Waals surface area (Å²) in [5, 5.41) is 0. The number of hydrogen-bond donors (Lipinski definition) is 0. The van der Waals surface area contributed by atoms with Gasteiger partial charge in [0.2, 0.25) is 0 Å². The van der Waals surface area contributed by atoms with Crippen LogP contribution in [0.5, 0.6) is 0 Å². The van der Waals surface area contributed by atoms with Crippen molar-refractivity contribution in [2.45, 2.75) is 0 Å². The Morgan fingerprint density at radius 1 is 0.833 bits per heavy atom. The molecule has 26 valence electrons. The molecule has 0 unspecified atom stereocenters. The van der Waals surface area contributed by atoms with Gasteiger partial charge in [-0.1, -0.05) is 0 Å². The third-order valence-electron chi connectivity index (χ3n) is 0.0278. The SMILES string of the molecule is [Cs+].[Cs+].[S-]SS[S-]. The van der Waals surface area contributed by atoms with E-state index in [1.165, 1.54) is 19.7 Å². The summed E-state index contributed by atoms with van der Waals surface area (Å²) in [5.74, 6) is 0. The molecule has 0 fully saturated rings. The topological polar surface area (TPSA) is 0 Å². The van der Waals surface area contributed by atoms with Gasteiger partial charge in [-0.2, -0.15) is 0 Å². The molecule has 0 radical (unpaired) electrons. The average Bonchev–Trinajstić information content (AvgIpc) is 1.37. The molecule has 0 aromatic heterocycles. The average molecular weight is 394 g/mol. The van der Waals surface area contributed by atoms with Crippen LogP contribution in [0.15, 0.2) is 0 Å². The zero-order valence-corrected chi connectivity index (χ0v) is 19.5. The third-order valence-corrected chi connectivity index (χ3v) is 2.25. The van der Waals surface area contributed by atoms with E-state index < -0.39 is 0 Å². The van der Waals surface area contributed by atoms with Gasteiger partial charge >= 0.3 is 138 Å². The molecule has 0 spiro atoms. The minimum absolute atomic E-state index is 0. The van der Waals surface area contributed by atoms with Crippen LogP contribution in [-0.4, -0.2) is 0 Å². The fourth-order valence-corrected chi connectivity index (χ4v) is 0.